The first kappa shape index (κ1) is 24.2. The van der Waals surface area contributed by atoms with E-state index in [2.05, 4.69) is 27.4 Å². The van der Waals surface area contributed by atoms with Gasteiger partial charge in [0.15, 0.2) is 0 Å². The number of methoxy groups -OCH3 is 1. The maximum absolute atomic E-state index is 12.6. The predicted octanol–water partition coefficient (Wildman–Crippen LogP) is 3.12. The average molecular weight is 429 g/mol. The van der Waals surface area contributed by atoms with E-state index in [1.807, 2.05) is 24.3 Å². The van der Waals surface area contributed by atoms with Crippen molar-refractivity contribution >= 4 is 11.7 Å². The van der Waals surface area contributed by atoms with Crippen LogP contribution >= 0.6 is 0 Å². The van der Waals surface area contributed by atoms with E-state index < -0.39 is 17.5 Å². The van der Waals surface area contributed by atoms with Crippen LogP contribution < -0.4 is 15.6 Å². The van der Waals surface area contributed by atoms with E-state index >= 15 is 0 Å². The number of ketones is 1. The lowest BCUT2D eigenvalue weighted by molar-refractivity contribution is -0.133. The molecule has 0 spiro atoms. The number of Topliss-reactive ketones (excluding diaryl/α,β-unsaturated/α-hetero) is 1. The fourth-order valence-electron chi connectivity index (χ4n) is 3.36. The molecule has 1 aromatic carbocycles. The minimum atomic E-state index is -0.708. The molecule has 0 fully saturated rings. The van der Waals surface area contributed by atoms with Gasteiger partial charge in [-0.25, -0.2) is 0 Å². The number of H-pyrrole nitrogens is 1. The standard InChI is InChI=1S/C23H32N4O4/c1-5-6-7-8-9-19(16(3)28)22(29)24-15(2)21-23(30)25-20(26-27-21)14-17-10-12-18(31-4)13-11-17/h10-13,15,19H,5-9,14H2,1-4H3,(H,24,29)(H,25,26,30). The van der Waals surface area contributed by atoms with E-state index in [-0.39, 0.29) is 17.4 Å². The Kier molecular flexibility index (Phi) is 9.37. The van der Waals surface area contributed by atoms with Crippen LogP contribution in [0.4, 0.5) is 0 Å². The lowest BCUT2D eigenvalue weighted by Crippen LogP contribution is -2.38. The van der Waals surface area contributed by atoms with Gasteiger partial charge in [-0.1, -0.05) is 44.7 Å². The van der Waals surface area contributed by atoms with E-state index in [0.29, 0.717) is 18.7 Å². The van der Waals surface area contributed by atoms with Gasteiger partial charge in [0.05, 0.1) is 19.1 Å². The highest BCUT2D eigenvalue weighted by atomic mass is 16.5. The van der Waals surface area contributed by atoms with Crippen molar-refractivity contribution in [3.63, 3.8) is 0 Å². The average Bonchev–Trinajstić information content (AvgIpc) is 2.73. The summed E-state index contributed by atoms with van der Waals surface area (Å²) < 4.78 is 5.13. The molecule has 8 heteroatoms. The Labute approximate surface area is 182 Å². The molecule has 0 bridgehead atoms. The second-order valence-corrected chi connectivity index (χ2v) is 7.75. The van der Waals surface area contributed by atoms with Crippen LogP contribution in [0.5, 0.6) is 5.75 Å². The number of unbranched alkanes of at least 4 members (excludes halogenated alkanes) is 3. The zero-order chi connectivity index (χ0) is 22.8. The molecular formula is C23H32N4O4. The third kappa shape index (κ3) is 7.31. The second kappa shape index (κ2) is 12.0. The zero-order valence-corrected chi connectivity index (χ0v) is 18.7. The fraction of sp³-hybridized carbons (Fsp3) is 0.522. The number of carbonyl (C=O) groups excluding carboxylic acids is 2. The van der Waals surface area contributed by atoms with E-state index in [0.717, 1.165) is 37.0 Å². The van der Waals surface area contributed by atoms with Crippen molar-refractivity contribution in [2.24, 2.45) is 5.92 Å². The van der Waals surface area contributed by atoms with E-state index in [1.54, 1.807) is 14.0 Å². The van der Waals surface area contributed by atoms with Gasteiger partial charge in [-0.2, -0.15) is 0 Å². The van der Waals surface area contributed by atoms with Crippen molar-refractivity contribution in [1.29, 1.82) is 0 Å². The number of ether oxygens (including phenoxy) is 1. The van der Waals surface area contributed by atoms with Crippen LogP contribution in [-0.2, 0) is 16.0 Å². The number of aromatic nitrogens is 3. The van der Waals surface area contributed by atoms with Crippen molar-refractivity contribution in [3.8, 4) is 5.75 Å². The van der Waals surface area contributed by atoms with Crippen molar-refractivity contribution in [1.82, 2.24) is 20.5 Å². The van der Waals surface area contributed by atoms with E-state index in [9.17, 15) is 14.4 Å². The first-order valence-electron chi connectivity index (χ1n) is 10.7. The molecule has 1 amide bonds. The quantitative estimate of drug-likeness (QED) is 0.397. The summed E-state index contributed by atoms with van der Waals surface area (Å²) in [5.74, 6) is -0.0795. The van der Waals surface area contributed by atoms with Crippen molar-refractivity contribution in [2.75, 3.05) is 7.11 Å². The molecular weight excluding hydrogens is 396 g/mol. The molecule has 2 unspecified atom stereocenters. The van der Waals surface area contributed by atoms with Crippen molar-refractivity contribution in [3.05, 3.63) is 51.7 Å². The molecule has 1 heterocycles. The summed E-state index contributed by atoms with van der Waals surface area (Å²) in [5, 5.41) is 10.9. The SMILES string of the molecule is CCCCCCC(C(C)=O)C(=O)NC(C)c1nnc(Cc2ccc(OC)cc2)[nH]c1=O. The van der Waals surface area contributed by atoms with Crippen LogP contribution in [-0.4, -0.2) is 34.0 Å². The lowest BCUT2D eigenvalue weighted by Gasteiger charge is -2.17. The molecule has 0 saturated heterocycles. The van der Waals surface area contributed by atoms with Crippen LogP contribution in [0.1, 0.15) is 76.0 Å². The number of nitrogens with one attached hydrogen (secondary N) is 2. The van der Waals surface area contributed by atoms with E-state index in [4.69, 9.17) is 4.74 Å². The maximum Gasteiger partial charge on any atom is 0.275 e. The Balaban J connectivity index is 2.01. The number of carbonyl (C=O) groups is 2. The Bertz CT molecular complexity index is 924. The normalized spacial score (nSPS) is 12.8. The van der Waals surface area contributed by atoms with Gasteiger partial charge in [-0.05, 0) is 38.0 Å². The molecule has 0 aliphatic heterocycles. The minimum absolute atomic E-state index is 0.111. The molecule has 168 valence electrons. The number of rotatable bonds is 12. The maximum atomic E-state index is 12.6. The van der Waals surface area contributed by atoms with Crippen LogP contribution in [0.25, 0.3) is 0 Å². The summed E-state index contributed by atoms with van der Waals surface area (Å²) >= 11 is 0. The number of aromatic amines is 1. The molecule has 0 radical (unpaired) electrons. The van der Waals surface area contributed by atoms with Crippen LogP contribution in [0.2, 0.25) is 0 Å². The molecule has 2 rings (SSSR count). The molecule has 2 atom stereocenters. The number of benzene rings is 1. The fourth-order valence-corrected chi connectivity index (χ4v) is 3.36. The first-order valence-corrected chi connectivity index (χ1v) is 10.7. The van der Waals surface area contributed by atoms with Gasteiger partial charge in [0.2, 0.25) is 5.91 Å². The summed E-state index contributed by atoms with van der Waals surface area (Å²) in [4.78, 5) is 39.8. The third-order valence-corrected chi connectivity index (χ3v) is 5.22. The Morgan fingerprint density at radius 3 is 2.42 bits per heavy atom. The number of hydrogen-bond donors (Lipinski definition) is 2. The summed E-state index contributed by atoms with van der Waals surface area (Å²) in [6, 6.07) is 6.79. The number of amides is 1. The van der Waals surface area contributed by atoms with Crippen LogP contribution in [0, 0.1) is 5.92 Å². The highest BCUT2D eigenvalue weighted by molar-refractivity contribution is 6.00. The van der Waals surface area contributed by atoms with E-state index in [1.165, 1.54) is 6.92 Å². The molecule has 2 aromatic rings. The summed E-state index contributed by atoms with van der Waals surface area (Å²) in [6.45, 7) is 5.20. The monoisotopic (exact) mass is 428 g/mol. The second-order valence-electron chi connectivity index (χ2n) is 7.75. The summed E-state index contributed by atoms with van der Waals surface area (Å²) in [7, 11) is 1.60. The number of hydrogen-bond acceptors (Lipinski definition) is 6. The highest BCUT2D eigenvalue weighted by Crippen LogP contribution is 2.15. The first-order chi connectivity index (χ1) is 14.8. The zero-order valence-electron chi connectivity index (χ0n) is 18.7. The van der Waals surface area contributed by atoms with Crippen molar-refractivity contribution in [2.45, 2.75) is 65.3 Å². The Hall–Kier alpha value is -3.03. The van der Waals surface area contributed by atoms with Gasteiger partial charge in [0, 0.05) is 6.42 Å². The topological polar surface area (TPSA) is 114 Å². The van der Waals surface area contributed by atoms with Crippen LogP contribution in [0.3, 0.4) is 0 Å². The lowest BCUT2D eigenvalue weighted by atomic mass is 9.96. The molecule has 8 nitrogen and oxygen atoms in total. The number of nitrogens with zero attached hydrogens (tertiary/aromatic N) is 2. The highest BCUT2D eigenvalue weighted by Gasteiger charge is 2.25. The summed E-state index contributed by atoms with van der Waals surface area (Å²) in [5.41, 5.74) is 0.654. The minimum Gasteiger partial charge on any atom is -0.497 e. The molecule has 0 aliphatic carbocycles. The molecule has 31 heavy (non-hydrogen) atoms. The smallest absolute Gasteiger partial charge is 0.275 e. The molecule has 0 saturated carbocycles. The van der Waals surface area contributed by atoms with Gasteiger partial charge >= 0.3 is 0 Å². The molecule has 1 aromatic heterocycles. The molecule has 2 N–H and O–H groups in total. The van der Waals surface area contributed by atoms with Gasteiger partial charge < -0.3 is 15.0 Å². The van der Waals surface area contributed by atoms with Gasteiger partial charge in [-0.3, -0.25) is 14.4 Å². The van der Waals surface area contributed by atoms with Gasteiger partial charge in [-0.15, -0.1) is 10.2 Å². The van der Waals surface area contributed by atoms with Crippen molar-refractivity contribution < 1.29 is 14.3 Å². The largest absolute Gasteiger partial charge is 0.497 e. The van der Waals surface area contributed by atoms with Gasteiger partial charge in [0.25, 0.3) is 5.56 Å². The third-order valence-electron chi connectivity index (χ3n) is 5.22. The van der Waals surface area contributed by atoms with Crippen LogP contribution in [0.15, 0.2) is 29.1 Å². The summed E-state index contributed by atoms with van der Waals surface area (Å²) in [6.07, 6.45) is 4.90. The molecule has 0 aliphatic rings. The Morgan fingerprint density at radius 2 is 1.84 bits per heavy atom. The van der Waals surface area contributed by atoms with Gasteiger partial charge in [0.1, 0.15) is 23.1 Å². The predicted molar refractivity (Wildman–Crippen MR) is 118 cm³/mol. The Morgan fingerprint density at radius 1 is 1.13 bits per heavy atom.